The lowest BCUT2D eigenvalue weighted by atomic mass is 10.1. The van der Waals surface area contributed by atoms with Gasteiger partial charge < -0.3 is 10.4 Å². The van der Waals surface area contributed by atoms with E-state index in [-0.39, 0.29) is 5.69 Å². The van der Waals surface area contributed by atoms with Crippen molar-refractivity contribution < 1.29 is 9.90 Å². The summed E-state index contributed by atoms with van der Waals surface area (Å²) >= 11 is 0. The Kier molecular flexibility index (Phi) is 4.02. The molecule has 0 fully saturated rings. The number of hydrogen-bond donors (Lipinski definition) is 2. The van der Waals surface area contributed by atoms with Crippen LogP contribution in [0.1, 0.15) is 35.0 Å². The molecule has 106 valence electrons. The highest BCUT2D eigenvalue weighted by Gasteiger charge is 2.18. The Labute approximate surface area is 117 Å². The van der Waals surface area contributed by atoms with E-state index in [1.54, 1.807) is 0 Å². The first-order valence-corrected chi connectivity index (χ1v) is 6.55. The molecule has 0 radical (unpaired) electrons. The SMILES string of the molecule is CCCNc1nn(-c2cc(C)ccc2C)nc1C(=O)O. The molecule has 6 heteroatoms. The van der Waals surface area contributed by atoms with Crippen LogP contribution in [-0.2, 0) is 0 Å². The molecule has 0 unspecified atom stereocenters. The molecule has 0 saturated heterocycles. The molecule has 1 aromatic carbocycles. The summed E-state index contributed by atoms with van der Waals surface area (Å²) in [5, 5.41) is 20.5. The van der Waals surface area contributed by atoms with Crippen molar-refractivity contribution in [3.05, 3.63) is 35.0 Å². The molecule has 0 bridgehead atoms. The molecule has 0 spiro atoms. The third kappa shape index (κ3) is 2.79. The maximum absolute atomic E-state index is 11.2. The first-order chi connectivity index (χ1) is 9.52. The third-order valence-corrected chi connectivity index (χ3v) is 2.94. The molecule has 0 aliphatic rings. The van der Waals surface area contributed by atoms with Gasteiger partial charge in [0.05, 0.1) is 5.69 Å². The molecular formula is C14H18N4O2. The van der Waals surface area contributed by atoms with E-state index in [2.05, 4.69) is 15.5 Å². The van der Waals surface area contributed by atoms with Crippen LogP contribution in [0.5, 0.6) is 0 Å². The second kappa shape index (κ2) is 5.73. The number of anilines is 1. The average Bonchev–Trinajstić information content (AvgIpc) is 2.83. The summed E-state index contributed by atoms with van der Waals surface area (Å²) in [6.45, 7) is 6.58. The van der Waals surface area contributed by atoms with Crippen molar-refractivity contribution in [3.8, 4) is 5.69 Å². The lowest BCUT2D eigenvalue weighted by Gasteiger charge is -2.05. The number of carboxylic acids is 1. The molecule has 0 aliphatic carbocycles. The fraction of sp³-hybridized carbons (Fsp3) is 0.357. The summed E-state index contributed by atoms with van der Waals surface area (Å²) in [6, 6.07) is 5.90. The van der Waals surface area contributed by atoms with E-state index in [4.69, 9.17) is 0 Å². The Hall–Kier alpha value is -2.37. The van der Waals surface area contributed by atoms with Gasteiger partial charge in [0.2, 0.25) is 5.69 Å². The Morgan fingerprint density at radius 3 is 2.75 bits per heavy atom. The van der Waals surface area contributed by atoms with Crippen LogP contribution in [0.2, 0.25) is 0 Å². The molecule has 0 aliphatic heterocycles. The average molecular weight is 274 g/mol. The van der Waals surface area contributed by atoms with Crippen LogP contribution in [0.15, 0.2) is 18.2 Å². The van der Waals surface area contributed by atoms with Gasteiger partial charge in [-0.15, -0.1) is 15.0 Å². The number of nitrogens with zero attached hydrogens (tertiary/aromatic N) is 3. The molecule has 2 N–H and O–H groups in total. The highest BCUT2D eigenvalue weighted by molar-refractivity contribution is 5.90. The van der Waals surface area contributed by atoms with Crippen LogP contribution in [0.4, 0.5) is 5.82 Å². The van der Waals surface area contributed by atoms with E-state index in [0.29, 0.717) is 12.4 Å². The van der Waals surface area contributed by atoms with Crippen molar-refractivity contribution in [1.29, 1.82) is 0 Å². The lowest BCUT2D eigenvalue weighted by Crippen LogP contribution is -2.06. The minimum atomic E-state index is -1.08. The largest absolute Gasteiger partial charge is 0.476 e. The van der Waals surface area contributed by atoms with Gasteiger partial charge in [-0.05, 0) is 37.5 Å². The van der Waals surface area contributed by atoms with Gasteiger partial charge in [0.1, 0.15) is 0 Å². The van der Waals surface area contributed by atoms with E-state index in [0.717, 1.165) is 23.2 Å². The maximum Gasteiger partial charge on any atom is 0.360 e. The smallest absolute Gasteiger partial charge is 0.360 e. The monoisotopic (exact) mass is 274 g/mol. The minimum absolute atomic E-state index is 0.0562. The number of carboxylic acid groups (broad SMARTS) is 1. The zero-order valence-corrected chi connectivity index (χ0v) is 11.8. The second-order valence-electron chi connectivity index (χ2n) is 4.71. The van der Waals surface area contributed by atoms with Gasteiger partial charge in [-0.2, -0.15) is 0 Å². The number of aromatic nitrogens is 3. The molecule has 20 heavy (non-hydrogen) atoms. The van der Waals surface area contributed by atoms with Crippen LogP contribution < -0.4 is 5.32 Å². The molecule has 2 aromatic rings. The second-order valence-corrected chi connectivity index (χ2v) is 4.71. The minimum Gasteiger partial charge on any atom is -0.476 e. The first kappa shape index (κ1) is 14.0. The van der Waals surface area contributed by atoms with Crippen molar-refractivity contribution in [3.63, 3.8) is 0 Å². The Balaban J connectivity index is 2.47. The van der Waals surface area contributed by atoms with Crippen LogP contribution >= 0.6 is 0 Å². The number of nitrogens with one attached hydrogen (secondary N) is 1. The molecular weight excluding hydrogens is 256 g/mol. The molecule has 0 amide bonds. The van der Waals surface area contributed by atoms with Crippen molar-refractivity contribution >= 4 is 11.8 Å². The van der Waals surface area contributed by atoms with E-state index >= 15 is 0 Å². The summed E-state index contributed by atoms with van der Waals surface area (Å²) in [7, 11) is 0. The summed E-state index contributed by atoms with van der Waals surface area (Å²) in [5.41, 5.74) is 2.80. The van der Waals surface area contributed by atoms with Gasteiger partial charge in [-0.3, -0.25) is 0 Å². The highest BCUT2D eigenvalue weighted by atomic mass is 16.4. The van der Waals surface area contributed by atoms with Crippen LogP contribution in [0.25, 0.3) is 5.69 Å². The van der Waals surface area contributed by atoms with Crippen LogP contribution in [0, 0.1) is 13.8 Å². The lowest BCUT2D eigenvalue weighted by molar-refractivity contribution is 0.0691. The number of aryl methyl sites for hydroxylation is 2. The third-order valence-electron chi connectivity index (χ3n) is 2.94. The van der Waals surface area contributed by atoms with Crippen LogP contribution in [-0.4, -0.2) is 32.6 Å². The first-order valence-electron chi connectivity index (χ1n) is 6.55. The quantitative estimate of drug-likeness (QED) is 0.875. The molecule has 0 saturated carbocycles. The zero-order chi connectivity index (χ0) is 14.7. The fourth-order valence-electron chi connectivity index (χ4n) is 1.86. The standard InChI is InChI=1S/C14H18N4O2/c1-4-7-15-13-12(14(19)20)16-18(17-13)11-8-9(2)5-6-10(11)3/h5-6,8H,4,7H2,1-3H3,(H,15,17)(H,19,20). The number of hydrogen-bond acceptors (Lipinski definition) is 4. The summed E-state index contributed by atoms with van der Waals surface area (Å²) < 4.78 is 0. The topological polar surface area (TPSA) is 80.0 Å². The van der Waals surface area contributed by atoms with Gasteiger partial charge in [-0.25, -0.2) is 4.79 Å². The Morgan fingerprint density at radius 2 is 2.10 bits per heavy atom. The fourth-order valence-corrected chi connectivity index (χ4v) is 1.86. The number of benzene rings is 1. The van der Waals surface area contributed by atoms with Crippen molar-refractivity contribution in [1.82, 2.24) is 15.0 Å². The van der Waals surface area contributed by atoms with E-state index in [1.807, 2.05) is 39.0 Å². The summed E-state index contributed by atoms with van der Waals surface area (Å²) in [6.07, 6.45) is 0.884. The van der Waals surface area contributed by atoms with Crippen LogP contribution in [0.3, 0.4) is 0 Å². The normalized spacial score (nSPS) is 10.6. The summed E-state index contributed by atoms with van der Waals surface area (Å²) in [5.74, 6) is -0.777. The van der Waals surface area contributed by atoms with E-state index in [9.17, 15) is 9.90 Å². The molecule has 0 atom stereocenters. The molecule has 1 heterocycles. The highest BCUT2D eigenvalue weighted by Crippen LogP contribution is 2.17. The van der Waals surface area contributed by atoms with Crippen molar-refractivity contribution in [2.45, 2.75) is 27.2 Å². The zero-order valence-electron chi connectivity index (χ0n) is 11.8. The number of rotatable bonds is 5. The van der Waals surface area contributed by atoms with Crippen molar-refractivity contribution in [2.24, 2.45) is 0 Å². The van der Waals surface area contributed by atoms with Crippen molar-refractivity contribution in [2.75, 3.05) is 11.9 Å². The molecule has 1 aromatic heterocycles. The van der Waals surface area contributed by atoms with Gasteiger partial charge in [0.15, 0.2) is 5.82 Å². The number of carbonyl (C=O) groups is 1. The predicted octanol–water partition coefficient (Wildman–Crippen LogP) is 2.40. The Morgan fingerprint density at radius 1 is 1.35 bits per heavy atom. The van der Waals surface area contributed by atoms with E-state index in [1.165, 1.54) is 4.80 Å². The van der Waals surface area contributed by atoms with Gasteiger partial charge in [0, 0.05) is 6.54 Å². The molecule has 2 rings (SSSR count). The van der Waals surface area contributed by atoms with E-state index < -0.39 is 5.97 Å². The summed E-state index contributed by atoms with van der Waals surface area (Å²) in [4.78, 5) is 12.6. The Bertz CT molecular complexity index is 634. The van der Waals surface area contributed by atoms with Gasteiger partial charge >= 0.3 is 5.97 Å². The van der Waals surface area contributed by atoms with Gasteiger partial charge in [-0.1, -0.05) is 19.1 Å². The molecule has 6 nitrogen and oxygen atoms in total. The predicted molar refractivity (Wildman–Crippen MR) is 76.6 cm³/mol. The maximum atomic E-state index is 11.2. The van der Waals surface area contributed by atoms with Gasteiger partial charge in [0.25, 0.3) is 0 Å². The number of aromatic carboxylic acids is 1.